The van der Waals surface area contributed by atoms with E-state index < -0.39 is 9.84 Å². The summed E-state index contributed by atoms with van der Waals surface area (Å²) in [6.45, 7) is 1.51. The molecule has 1 N–H and O–H groups in total. The summed E-state index contributed by atoms with van der Waals surface area (Å²) < 4.78 is 24.7. The lowest BCUT2D eigenvalue weighted by molar-refractivity contribution is -0.125. The van der Waals surface area contributed by atoms with Gasteiger partial charge in [0, 0.05) is 32.3 Å². The molecule has 2 aromatic rings. The molecule has 0 aliphatic carbocycles. The van der Waals surface area contributed by atoms with Gasteiger partial charge in [0.15, 0.2) is 15.0 Å². The van der Waals surface area contributed by atoms with Crippen LogP contribution in [-0.2, 0) is 14.6 Å². The van der Waals surface area contributed by atoms with E-state index in [1.807, 2.05) is 6.07 Å². The number of carbonyl (C=O) groups excluding carboxylic acids is 1. The van der Waals surface area contributed by atoms with Gasteiger partial charge in [-0.3, -0.25) is 4.79 Å². The number of fused-ring (bicyclic) bond motifs is 1. The van der Waals surface area contributed by atoms with E-state index in [1.165, 1.54) is 17.6 Å². The van der Waals surface area contributed by atoms with Gasteiger partial charge in [0.2, 0.25) is 5.91 Å². The maximum absolute atomic E-state index is 11.9. The molecule has 2 heterocycles. The van der Waals surface area contributed by atoms with Crippen LogP contribution in [0, 0.1) is 5.92 Å². The number of hydrogen-bond donors (Lipinski definition) is 1. The van der Waals surface area contributed by atoms with Crippen molar-refractivity contribution in [2.75, 3.05) is 31.3 Å². The van der Waals surface area contributed by atoms with Gasteiger partial charge < -0.3 is 10.2 Å². The van der Waals surface area contributed by atoms with Crippen molar-refractivity contribution in [1.82, 2.24) is 10.3 Å². The Balaban J connectivity index is 1.87. The number of nitrogens with one attached hydrogen (secondary N) is 1. The Hall–Kier alpha value is -1.67. The number of carbonyl (C=O) groups is 1. The van der Waals surface area contributed by atoms with Gasteiger partial charge in [-0.25, -0.2) is 13.4 Å². The maximum atomic E-state index is 11.9. The molecule has 0 radical (unpaired) electrons. The Bertz CT molecular complexity index is 837. The van der Waals surface area contributed by atoms with Crippen LogP contribution in [0.25, 0.3) is 10.2 Å². The molecule has 0 atom stereocenters. The molecule has 0 saturated carbocycles. The monoisotopic (exact) mass is 353 g/mol. The van der Waals surface area contributed by atoms with Gasteiger partial charge >= 0.3 is 0 Å². The fourth-order valence-corrected chi connectivity index (χ4v) is 4.82. The molecule has 124 valence electrons. The first-order chi connectivity index (χ1) is 10.9. The minimum Gasteiger partial charge on any atom is -0.359 e. The van der Waals surface area contributed by atoms with Gasteiger partial charge in [0.1, 0.15) is 5.52 Å². The second kappa shape index (κ2) is 6.09. The number of aromatic nitrogens is 1. The second-order valence-electron chi connectivity index (χ2n) is 5.75. The topological polar surface area (TPSA) is 79.4 Å². The predicted molar refractivity (Wildman–Crippen MR) is 91.7 cm³/mol. The van der Waals surface area contributed by atoms with Crippen LogP contribution in [0.5, 0.6) is 0 Å². The Morgan fingerprint density at radius 3 is 2.65 bits per heavy atom. The molecule has 1 fully saturated rings. The standard InChI is InChI=1S/C15H19N3O3S2/c1-16-14(19)10-6-8-18(9-7-10)15-17-13-11(22-15)4-3-5-12(13)23(2,20)21/h3-5,10H,6-9H2,1-2H3,(H,16,19). The molecule has 1 aromatic heterocycles. The van der Waals surface area contributed by atoms with E-state index in [1.54, 1.807) is 19.2 Å². The molecule has 6 nitrogen and oxygen atoms in total. The average molecular weight is 353 g/mol. The summed E-state index contributed by atoms with van der Waals surface area (Å²) >= 11 is 1.50. The summed E-state index contributed by atoms with van der Waals surface area (Å²) in [7, 11) is -1.64. The molecule has 23 heavy (non-hydrogen) atoms. The minimum atomic E-state index is -3.30. The highest BCUT2D eigenvalue weighted by molar-refractivity contribution is 7.91. The predicted octanol–water partition coefficient (Wildman–Crippen LogP) is 1.66. The number of hydrogen-bond acceptors (Lipinski definition) is 6. The lowest BCUT2D eigenvalue weighted by Gasteiger charge is -2.30. The van der Waals surface area contributed by atoms with Crippen molar-refractivity contribution >= 4 is 42.4 Å². The van der Waals surface area contributed by atoms with Crippen molar-refractivity contribution in [2.45, 2.75) is 17.7 Å². The first-order valence-electron chi connectivity index (χ1n) is 7.46. The third-order valence-electron chi connectivity index (χ3n) is 4.15. The average Bonchev–Trinajstić information content (AvgIpc) is 2.97. The van der Waals surface area contributed by atoms with E-state index in [2.05, 4.69) is 15.2 Å². The number of benzene rings is 1. The van der Waals surface area contributed by atoms with Crippen molar-refractivity contribution < 1.29 is 13.2 Å². The smallest absolute Gasteiger partial charge is 0.222 e. The number of nitrogens with zero attached hydrogens (tertiary/aromatic N) is 2. The Labute approximate surface area is 139 Å². The van der Waals surface area contributed by atoms with Crippen LogP contribution < -0.4 is 10.2 Å². The van der Waals surface area contributed by atoms with Gasteiger partial charge in [0.05, 0.1) is 9.60 Å². The van der Waals surface area contributed by atoms with Gasteiger partial charge in [0.25, 0.3) is 0 Å². The number of rotatable bonds is 3. The molecular weight excluding hydrogens is 334 g/mol. The zero-order valence-corrected chi connectivity index (χ0v) is 14.7. The lowest BCUT2D eigenvalue weighted by Crippen LogP contribution is -2.39. The minimum absolute atomic E-state index is 0.0530. The summed E-state index contributed by atoms with van der Waals surface area (Å²) in [6.07, 6.45) is 2.78. The summed E-state index contributed by atoms with van der Waals surface area (Å²) in [5, 5.41) is 3.52. The molecular formula is C15H19N3O3S2. The number of amides is 1. The van der Waals surface area contributed by atoms with Crippen LogP contribution >= 0.6 is 11.3 Å². The maximum Gasteiger partial charge on any atom is 0.222 e. The molecule has 3 rings (SSSR count). The summed E-state index contributed by atoms with van der Waals surface area (Å²) in [5.74, 6) is 0.144. The largest absolute Gasteiger partial charge is 0.359 e. The number of para-hydroxylation sites is 1. The zero-order chi connectivity index (χ0) is 16.6. The fraction of sp³-hybridized carbons (Fsp3) is 0.467. The van der Waals surface area contributed by atoms with E-state index in [0.717, 1.165) is 35.8 Å². The highest BCUT2D eigenvalue weighted by atomic mass is 32.2. The van der Waals surface area contributed by atoms with Crippen molar-refractivity contribution in [1.29, 1.82) is 0 Å². The highest BCUT2D eigenvalue weighted by Gasteiger charge is 2.26. The number of piperidine rings is 1. The summed E-state index contributed by atoms with van der Waals surface area (Å²) in [4.78, 5) is 18.7. The Morgan fingerprint density at radius 2 is 2.04 bits per heavy atom. The Kier molecular flexibility index (Phi) is 4.29. The molecule has 1 aliphatic rings. The van der Waals surface area contributed by atoms with E-state index in [9.17, 15) is 13.2 Å². The molecule has 1 saturated heterocycles. The van der Waals surface area contributed by atoms with Crippen LogP contribution in [0.3, 0.4) is 0 Å². The molecule has 8 heteroatoms. The quantitative estimate of drug-likeness (QED) is 0.908. The Morgan fingerprint density at radius 1 is 1.35 bits per heavy atom. The number of sulfone groups is 1. The van der Waals surface area contributed by atoms with Crippen molar-refractivity contribution in [3.8, 4) is 0 Å². The van der Waals surface area contributed by atoms with Crippen molar-refractivity contribution in [2.24, 2.45) is 5.92 Å². The third kappa shape index (κ3) is 3.18. The first-order valence-corrected chi connectivity index (χ1v) is 10.2. The van der Waals surface area contributed by atoms with Crippen LogP contribution in [0.4, 0.5) is 5.13 Å². The first kappa shape index (κ1) is 16.2. The molecule has 1 amide bonds. The molecule has 1 aliphatic heterocycles. The van der Waals surface area contributed by atoms with Gasteiger partial charge in [-0.05, 0) is 25.0 Å². The lowest BCUT2D eigenvalue weighted by atomic mass is 9.96. The van der Waals surface area contributed by atoms with E-state index >= 15 is 0 Å². The third-order valence-corrected chi connectivity index (χ3v) is 6.36. The zero-order valence-electron chi connectivity index (χ0n) is 13.1. The van der Waals surface area contributed by atoms with E-state index in [0.29, 0.717) is 5.52 Å². The van der Waals surface area contributed by atoms with Crippen LogP contribution in [0.1, 0.15) is 12.8 Å². The van der Waals surface area contributed by atoms with Crippen LogP contribution in [-0.4, -0.2) is 45.7 Å². The molecule has 0 spiro atoms. The van der Waals surface area contributed by atoms with E-state index in [4.69, 9.17) is 0 Å². The number of thiazole rings is 1. The normalized spacial score (nSPS) is 16.7. The van der Waals surface area contributed by atoms with E-state index in [-0.39, 0.29) is 16.7 Å². The highest BCUT2D eigenvalue weighted by Crippen LogP contribution is 2.34. The molecule has 0 unspecified atom stereocenters. The van der Waals surface area contributed by atoms with Crippen LogP contribution in [0.15, 0.2) is 23.1 Å². The van der Waals surface area contributed by atoms with Gasteiger partial charge in [-0.1, -0.05) is 17.4 Å². The van der Waals surface area contributed by atoms with Gasteiger partial charge in [-0.2, -0.15) is 0 Å². The van der Waals surface area contributed by atoms with Crippen LogP contribution in [0.2, 0.25) is 0 Å². The summed E-state index contributed by atoms with van der Waals surface area (Å²) in [6, 6.07) is 5.24. The van der Waals surface area contributed by atoms with Crippen molar-refractivity contribution in [3.05, 3.63) is 18.2 Å². The number of anilines is 1. The molecule has 0 bridgehead atoms. The fourth-order valence-electron chi connectivity index (χ4n) is 2.88. The van der Waals surface area contributed by atoms with Gasteiger partial charge in [-0.15, -0.1) is 0 Å². The molecule has 1 aromatic carbocycles. The SMILES string of the molecule is CNC(=O)C1CCN(c2nc3c(S(C)(=O)=O)cccc3s2)CC1. The van der Waals surface area contributed by atoms with Crippen molar-refractivity contribution in [3.63, 3.8) is 0 Å². The summed E-state index contributed by atoms with van der Waals surface area (Å²) in [5.41, 5.74) is 0.545. The second-order valence-corrected chi connectivity index (χ2v) is 8.74.